The Kier molecular flexibility index (Phi) is 5.06. The van der Waals surface area contributed by atoms with Crippen LogP contribution in [0.2, 0.25) is 0 Å². The van der Waals surface area contributed by atoms with Gasteiger partial charge in [0.25, 0.3) is 0 Å². The van der Waals surface area contributed by atoms with Crippen LogP contribution >= 0.6 is 0 Å². The Morgan fingerprint density at radius 1 is 1.29 bits per heavy atom. The van der Waals surface area contributed by atoms with Crippen molar-refractivity contribution in [1.29, 1.82) is 0 Å². The second-order valence-corrected chi connectivity index (χ2v) is 6.90. The van der Waals surface area contributed by atoms with Crippen LogP contribution in [0.5, 0.6) is 0 Å². The second-order valence-electron chi connectivity index (χ2n) is 5.06. The van der Waals surface area contributed by atoms with Crippen molar-refractivity contribution < 1.29 is 13.2 Å². The van der Waals surface area contributed by atoms with Crippen LogP contribution < -0.4 is 14.9 Å². The Morgan fingerprint density at radius 3 is 2.62 bits per heavy atom. The highest BCUT2D eigenvalue weighted by Gasteiger charge is 2.19. The number of nitrogens with one attached hydrogen (secondary N) is 2. The molecule has 0 spiro atoms. The van der Waals surface area contributed by atoms with Gasteiger partial charge in [0.15, 0.2) is 0 Å². The SMILES string of the molecule is CCCCS(=O)(=O)Nc1ccc(N2CCCNC2=O)cc1. The minimum Gasteiger partial charge on any atom is -0.338 e. The maximum atomic E-state index is 11.8. The molecule has 0 bridgehead atoms. The highest BCUT2D eigenvalue weighted by Crippen LogP contribution is 2.20. The van der Waals surface area contributed by atoms with Crippen LogP contribution in [0.4, 0.5) is 16.2 Å². The molecule has 2 amide bonds. The minimum atomic E-state index is -3.29. The van der Waals surface area contributed by atoms with Gasteiger partial charge in [-0.3, -0.25) is 9.62 Å². The Balaban J connectivity index is 2.03. The number of sulfonamides is 1. The number of carbonyl (C=O) groups excluding carboxylic acids is 1. The first-order valence-corrected chi connectivity index (χ1v) is 8.83. The van der Waals surface area contributed by atoms with Crippen LogP contribution in [0.15, 0.2) is 24.3 Å². The van der Waals surface area contributed by atoms with Crippen molar-refractivity contribution in [2.75, 3.05) is 28.5 Å². The van der Waals surface area contributed by atoms with Gasteiger partial charge in [-0.1, -0.05) is 13.3 Å². The standard InChI is InChI=1S/C14H21N3O3S/c1-2-3-11-21(19,20)16-12-5-7-13(8-6-12)17-10-4-9-15-14(17)18/h5-8,16H,2-4,9-11H2,1H3,(H,15,18). The third kappa shape index (κ3) is 4.35. The summed E-state index contributed by atoms with van der Waals surface area (Å²) < 4.78 is 26.2. The average molecular weight is 311 g/mol. The number of hydrogen-bond donors (Lipinski definition) is 2. The van der Waals surface area contributed by atoms with E-state index in [2.05, 4.69) is 10.0 Å². The molecular weight excluding hydrogens is 290 g/mol. The topological polar surface area (TPSA) is 78.5 Å². The molecule has 1 aromatic carbocycles. The van der Waals surface area contributed by atoms with Crippen molar-refractivity contribution in [3.63, 3.8) is 0 Å². The van der Waals surface area contributed by atoms with Crippen LogP contribution in [0.25, 0.3) is 0 Å². The average Bonchev–Trinajstić information content (AvgIpc) is 2.46. The van der Waals surface area contributed by atoms with E-state index in [0.717, 1.165) is 18.5 Å². The van der Waals surface area contributed by atoms with Crippen LogP contribution in [-0.4, -0.2) is 33.3 Å². The number of rotatable bonds is 6. The fraction of sp³-hybridized carbons (Fsp3) is 0.500. The number of urea groups is 1. The van der Waals surface area contributed by atoms with Crippen LogP contribution in [-0.2, 0) is 10.0 Å². The molecule has 0 atom stereocenters. The van der Waals surface area contributed by atoms with Gasteiger partial charge in [-0.25, -0.2) is 13.2 Å². The van der Waals surface area contributed by atoms with Crippen molar-refractivity contribution in [1.82, 2.24) is 5.32 Å². The maximum Gasteiger partial charge on any atom is 0.321 e. The summed E-state index contributed by atoms with van der Waals surface area (Å²) in [4.78, 5) is 13.4. The van der Waals surface area contributed by atoms with Crippen molar-refractivity contribution in [3.05, 3.63) is 24.3 Å². The molecule has 1 fully saturated rings. The first-order chi connectivity index (χ1) is 10.0. The van der Waals surface area contributed by atoms with E-state index >= 15 is 0 Å². The van der Waals surface area contributed by atoms with Gasteiger partial charge in [-0.2, -0.15) is 0 Å². The third-order valence-electron chi connectivity index (χ3n) is 3.30. The number of anilines is 2. The van der Waals surface area contributed by atoms with Gasteiger partial charge in [0.05, 0.1) is 5.75 Å². The first-order valence-electron chi connectivity index (χ1n) is 7.18. The lowest BCUT2D eigenvalue weighted by atomic mass is 10.2. The molecule has 0 radical (unpaired) electrons. The molecule has 0 unspecified atom stereocenters. The number of benzene rings is 1. The van der Waals surface area contributed by atoms with Crippen LogP contribution in [0.1, 0.15) is 26.2 Å². The molecule has 1 saturated heterocycles. The van der Waals surface area contributed by atoms with E-state index in [1.165, 1.54) is 0 Å². The summed E-state index contributed by atoms with van der Waals surface area (Å²) >= 11 is 0. The predicted octanol–water partition coefficient (Wildman–Crippen LogP) is 2.15. The number of amides is 2. The highest BCUT2D eigenvalue weighted by molar-refractivity contribution is 7.92. The second kappa shape index (κ2) is 6.80. The lowest BCUT2D eigenvalue weighted by molar-refractivity contribution is 0.243. The lowest BCUT2D eigenvalue weighted by Gasteiger charge is -2.27. The van der Waals surface area contributed by atoms with E-state index in [1.54, 1.807) is 29.2 Å². The van der Waals surface area contributed by atoms with Crippen molar-refractivity contribution in [3.8, 4) is 0 Å². The number of nitrogens with zero attached hydrogens (tertiary/aromatic N) is 1. The molecule has 0 saturated carbocycles. The summed E-state index contributed by atoms with van der Waals surface area (Å²) in [5, 5.41) is 2.78. The highest BCUT2D eigenvalue weighted by atomic mass is 32.2. The Morgan fingerprint density at radius 2 is 2.00 bits per heavy atom. The van der Waals surface area contributed by atoms with Crippen molar-refractivity contribution in [2.45, 2.75) is 26.2 Å². The zero-order chi connectivity index (χ0) is 15.3. The molecule has 6 nitrogen and oxygen atoms in total. The molecule has 116 valence electrons. The molecule has 7 heteroatoms. The summed E-state index contributed by atoms with van der Waals surface area (Å²) in [5.74, 6) is 0.125. The molecule has 2 rings (SSSR count). The van der Waals surface area contributed by atoms with Gasteiger partial charge < -0.3 is 5.32 Å². The fourth-order valence-electron chi connectivity index (χ4n) is 2.15. The van der Waals surface area contributed by atoms with E-state index in [9.17, 15) is 13.2 Å². The zero-order valence-electron chi connectivity index (χ0n) is 12.1. The molecule has 1 aliphatic heterocycles. The lowest BCUT2D eigenvalue weighted by Crippen LogP contribution is -2.46. The fourth-order valence-corrected chi connectivity index (χ4v) is 3.42. The van der Waals surface area contributed by atoms with Crippen molar-refractivity contribution in [2.24, 2.45) is 0 Å². The summed E-state index contributed by atoms with van der Waals surface area (Å²) in [6.07, 6.45) is 2.38. The number of carbonyl (C=O) groups is 1. The maximum absolute atomic E-state index is 11.8. The van der Waals surface area contributed by atoms with E-state index < -0.39 is 10.0 Å². The minimum absolute atomic E-state index is 0.113. The van der Waals surface area contributed by atoms with Crippen molar-refractivity contribution >= 4 is 27.4 Å². The van der Waals surface area contributed by atoms with E-state index in [0.29, 0.717) is 25.2 Å². The summed E-state index contributed by atoms with van der Waals surface area (Å²) in [5.41, 5.74) is 1.29. The largest absolute Gasteiger partial charge is 0.338 e. The Bertz CT molecular complexity index is 584. The van der Waals surface area contributed by atoms with Gasteiger partial charge in [0.1, 0.15) is 0 Å². The molecule has 0 aliphatic carbocycles. The van der Waals surface area contributed by atoms with E-state index in [-0.39, 0.29) is 11.8 Å². The van der Waals surface area contributed by atoms with Crippen LogP contribution in [0.3, 0.4) is 0 Å². The molecule has 0 aromatic heterocycles. The molecular formula is C14H21N3O3S. The molecule has 2 N–H and O–H groups in total. The predicted molar refractivity (Wildman–Crippen MR) is 84.1 cm³/mol. The Hall–Kier alpha value is -1.76. The van der Waals surface area contributed by atoms with Gasteiger partial charge in [-0.05, 0) is 37.1 Å². The summed E-state index contributed by atoms with van der Waals surface area (Å²) in [6, 6.07) is 6.75. The quantitative estimate of drug-likeness (QED) is 0.845. The Labute approximate surface area is 125 Å². The third-order valence-corrected chi connectivity index (χ3v) is 4.67. The summed E-state index contributed by atoms with van der Waals surface area (Å²) in [7, 11) is -3.29. The number of unbranched alkanes of at least 4 members (excludes halogenated alkanes) is 1. The van der Waals surface area contributed by atoms with E-state index in [4.69, 9.17) is 0 Å². The van der Waals surface area contributed by atoms with Gasteiger partial charge in [0.2, 0.25) is 10.0 Å². The van der Waals surface area contributed by atoms with Gasteiger partial charge >= 0.3 is 6.03 Å². The monoisotopic (exact) mass is 311 g/mol. The zero-order valence-corrected chi connectivity index (χ0v) is 12.9. The molecule has 1 heterocycles. The molecule has 1 aliphatic rings. The van der Waals surface area contributed by atoms with Crippen LogP contribution in [0, 0.1) is 0 Å². The molecule has 21 heavy (non-hydrogen) atoms. The van der Waals surface area contributed by atoms with Gasteiger partial charge in [0, 0.05) is 24.5 Å². The smallest absolute Gasteiger partial charge is 0.321 e. The number of hydrogen-bond acceptors (Lipinski definition) is 3. The molecule has 1 aromatic rings. The summed E-state index contributed by atoms with van der Waals surface area (Å²) in [6.45, 7) is 3.33. The normalized spacial score (nSPS) is 15.7. The first kappa shape index (κ1) is 15.6. The van der Waals surface area contributed by atoms with E-state index in [1.807, 2.05) is 6.92 Å². The van der Waals surface area contributed by atoms with Gasteiger partial charge in [-0.15, -0.1) is 0 Å².